The molecule has 1 saturated carbocycles. The molecule has 0 aliphatic heterocycles. The van der Waals surface area contributed by atoms with Gasteiger partial charge < -0.3 is 9.64 Å². The van der Waals surface area contributed by atoms with Crippen LogP contribution in [0.15, 0.2) is 29.3 Å². The number of aliphatic imine (C=N–C) groups is 1. The molecule has 0 radical (unpaired) electrons. The third kappa shape index (κ3) is 4.81. The second kappa shape index (κ2) is 8.03. The standard InChI is InChI=1S/C21H25F2N3O/c1-5-26(4)12-24-20-11-19(15-6-7-15)21(25-13(20)2)27-14(3)16-8-17(22)10-18(23)9-16/h8-12,14-15H,5-7H2,1-4H3/b24-12+. The Kier molecular flexibility index (Phi) is 5.73. The maximum absolute atomic E-state index is 13.5. The number of hydrogen-bond donors (Lipinski definition) is 0. The summed E-state index contributed by atoms with van der Waals surface area (Å²) in [6, 6.07) is 5.45. The Balaban J connectivity index is 1.88. The van der Waals surface area contributed by atoms with Gasteiger partial charge in [0.05, 0.1) is 17.7 Å². The lowest BCUT2D eigenvalue weighted by molar-refractivity contribution is 0.213. The van der Waals surface area contributed by atoms with Gasteiger partial charge in [0.2, 0.25) is 5.88 Å². The first-order chi connectivity index (χ1) is 12.9. The van der Waals surface area contributed by atoms with Crippen LogP contribution in [0, 0.1) is 18.6 Å². The highest BCUT2D eigenvalue weighted by Gasteiger charge is 2.29. The maximum atomic E-state index is 13.5. The average molecular weight is 373 g/mol. The smallest absolute Gasteiger partial charge is 0.217 e. The highest BCUT2D eigenvalue weighted by molar-refractivity contribution is 5.63. The Morgan fingerprint density at radius 1 is 1.26 bits per heavy atom. The van der Waals surface area contributed by atoms with Gasteiger partial charge in [-0.15, -0.1) is 0 Å². The number of rotatable bonds is 7. The Hall–Kier alpha value is -2.50. The second-order valence-corrected chi connectivity index (χ2v) is 7.04. The molecule has 1 aromatic carbocycles. The van der Waals surface area contributed by atoms with E-state index in [1.165, 1.54) is 12.1 Å². The molecule has 0 saturated heterocycles. The van der Waals surface area contributed by atoms with Crippen LogP contribution in [0.4, 0.5) is 14.5 Å². The van der Waals surface area contributed by atoms with E-state index in [9.17, 15) is 8.78 Å². The van der Waals surface area contributed by atoms with Gasteiger partial charge >= 0.3 is 0 Å². The first kappa shape index (κ1) is 19.3. The SMILES string of the molecule is CCN(C)/C=N/c1cc(C2CC2)c(OC(C)c2cc(F)cc(F)c2)nc1C. The van der Waals surface area contributed by atoms with Gasteiger partial charge in [-0.25, -0.2) is 18.8 Å². The molecule has 4 nitrogen and oxygen atoms in total. The summed E-state index contributed by atoms with van der Waals surface area (Å²) < 4.78 is 33.0. The number of pyridine rings is 1. The Morgan fingerprint density at radius 2 is 1.93 bits per heavy atom. The van der Waals surface area contributed by atoms with Crippen molar-refractivity contribution in [2.75, 3.05) is 13.6 Å². The van der Waals surface area contributed by atoms with Crippen molar-refractivity contribution in [3.63, 3.8) is 0 Å². The highest BCUT2D eigenvalue weighted by atomic mass is 19.1. The van der Waals surface area contributed by atoms with E-state index in [0.717, 1.165) is 42.4 Å². The Morgan fingerprint density at radius 3 is 2.52 bits per heavy atom. The van der Waals surface area contributed by atoms with Crippen LogP contribution in [-0.4, -0.2) is 29.8 Å². The van der Waals surface area contributed by atoms with Gasteiger partial charge in [-0.2, -0.15) is 0 Å². The van der Waals surface area contributed by atoms with Gasteiger partial charge in [0.1, 0.15) is 17.7 Å². The van der Waals surface area contributed by atoms with Crippen molar-refractivity contribution in [3.05, 3.63) is 52.7 Å². The van der Waals surface area contributed by atoms with E-state index < -0.39 is 17.7 Å². The van der Waals surface area contributed by atoms with Crippen LogP contribution in [-0.2, 0) is 0 Å². The third-order valence-electron chi connectivity index (χ3n) is 4.73. The maximum Gasteiger partial charge on any atom is 0.217 e. The number of aromatic nitrogens is 1. The lowest BCUT2D eigenvalue weighted by Crippen LogP contribution is -2.14. The van der Waals surface area contributed by atoms with E-state index >= 15 is 0 Å². The van der Waals surface area contributed by atoms with Crippen LogP contribution in [0.1, 0.15) is 55.5 Å². The summed E-state index contributed by atoms with van der Waals surface area (Å²) >= 11 is 0. The summed E-state index contributed by atoms with van der Waals surface area (Å²) in [5.41, 5.74) is 3.03. The predicted octanol–water partition coefficient (Wildman–Crippen LogP) is 5.30. The lowest BCUT2D eigenvalue weighted by Gasteiger charge is -2.18. The van der Waals surface area contributed by atoms with Crippen molar-refractivity contribution in [2.45, 2.75) is 45.6 Å². The Bertz CT molecular complexity index is 829. The lowest BCUT2D eigenvalue weighted by atomic mass is 10.1. The first-order valence-electron chi connectivity index (χ1n) is 9.26. The normalized spacial score (nSPS) is 15.2. The fourth-order valence-electron chi connectivity index (χ4n) is 2.79. The number of benzene rings is 1. The summed E-state index contributed by atoms with van der Waals surface area (Å²) in [6.45, 7) is 6.58. The van der Waals surface area contributed by atoms with Gasteiger partial charge in [0, 0.05) is 25.2 Å². The predicted molar refractivity (Wildman–Crippen MR) is 103 cm³/mol. The molecule has 0 amide bonds. The van der Waals surface area contributed by atoms with Crippen molar-refractivity contribution in [2.24, 2.45) is 4.99 Å². The first-order valence-corrected chi connectivity index (χ1v) is 9.26. The molecule has 1 atom stereocenters. The summed E-state index contributed by atoms with van der Waals surface area (Å²) in [5, 5.41) is 0. The number of aryl methyl sites for hydroxylation is 1. The van der Waals surface area contributed by atoms with E-state index in [2.05, 4.69) is 16.9 Å². The van der Waals surface area contributed by atoms with Crippen LogP contribution in [0.2, 0.25) is 0 Å². The number of ether oxygens (including phenoxy) is 1. The van der Waals surface area contributed by atoms with Crippen molar-refractivity contribution >= 4 is 12.0 Å². The van der Waals surface area contributed by atoms with Gasteiger partial charge in [0.25, 0.3) is 0 Å². The molecular weight excluding hydrogens is 348 g/mol. The van der Waals surface area contributed by atoms with E-state index in [1.807, 2.05) is 24.9 Å². The van der Waals surface area contributed by atoms with Crippen LogP contribution in [0.25, 0.3) is 0 Å². The van der Waals surface area contributed by atoms with Crippen LogP contribution >= 0.6 is 0 Å². The van der Waals surface area contributed by atoms with Gasteiger partial charge in [-0.3, -0.25) is 0 Å². The van der Waals surface area contributed by atoms with Crippen LogP contribution in [0.5, 0.6) is 5.88 Å². The fourth-order valence-corrected chi connectivity index (χ4v) is 2.79. The molecule has 6 heteroatoms. The van der Waals surface area contributed by atoms with Crippen LogP contribution < -0.4 is 4.74 Å². The largest absolute Gasteiger partial charge is 0.470 e. The minimum absolute atomic E-state index is 0.405. The van der Waals surface area contributed by atoms with Crippen LogP contribution in [0.3, 0.4) is 0 Å². The van der Waals surface area contributed by atoms with E-state index in [4.69, 9.17) is 4.74 Å². The third-order valence-corrected chi connectivity index (χ3v) is 4.73. The molecule has 1 aliphatic rings. The van der Waals surface area contributed by atoms with Crippen molar-refractivity contribution < 1.29 is 13.5 Å². The number of hydrogen-bond acceptors (Lipinski definition) is 3. The number of nitrogens with zero attached hydrogens (tertiary/aromatic N) is 3. The van der Waals surface area contributed by atoms with Crippen molar-refractivity contribution in [1.29, 1.82) is 0 Å². The average Bonchev–Trinajstić information content (AvgIpc) is 3.44. The molecule has 144 valence electrons. The topological polar surface area (TPSA) is 37.7 Å². The van der Waals surface area contributed by atoms with Crippen molar-refractivity contribution in [1.82, 2.24) is 9.88 Å². The quantitative estimate of drug-likeness (QED) is 0.488. The summed E-state index contributed by atoms with van der Waals surface area (Å²) in [4.78, 5) is 11.1. The zero-order chi connectivity index (χ0) is 19.6. The molecule has 0 spiro atoms. The summed E-state index contributed by atoms with van der Waals surface area (Å²) in [5.74, 6) is -0.300. The Labute approximate surface area is 158 Å². The molecule has 1 aliphatic carbocycles. The van der Waals surface area contributed by atoms with E-state index in [1.54, 1.807) is 13.3 Å². The molecule has 3 rings (SSSR count). The molecule has 27 heavy (non-hydrogen) atoms. The van der Waals surface area contributed by atoms with Gasteiger partial charge in [0.15, 0.2) is 0 Å². The van der Waals surface area contributed by atoms with E-state index in [-0.39, 0.29) is 0 Å². The van der Waals surface area contributed by atoms with E-state index in [0.29, 0.717) is 17.4 Å². The molecule has 0 bridgehead atoms. The molecule has 2 aromatic rings. The highest BCUT2D eigenvalue weighted by Crippen LogP contribution is 2.46. The fraction of sp³-hybridized carbons (Fsp3) is 0.429. The van der Waals surface area contributed by atoms with Gasteiger partial charge in [-0.1, -0.05) is 0 Å². The molecule has 1 aromatic heterocycles. The number of halogens is 2. The molecule has 1 heterocycles. The van der Waals surface area contributed by atoms with Gasteiger partial charge in [-0.05, 0) is 63.3 Å². The minimum Gasteiger partial charge on any atom is -0.470 e. The zero-order valence-corrected chi connectivity index (χ0v) is 16.2. The molecule has 1 unspecified atom stereocenters. The monoisotopic (exact) mass is 373 g/mol. The van der Waals surface area contributed by atoms with Crippen molar-refractivity contribution in [3.8, 4) is 5.88 Å². The zero-order valence-electron chi connectivity index (χ0n) is 16.2. The summed E-state index contributed by atoms with van der Waals surface area (Å²) in [7, 11) is 1.96. The minimum atomic E-state index is -0.614. The molecule has 1 fully saturated rings. The molecular formula is C21H25F2N3O. The second-order valence-electron chi connectivity index (χ2n) is 7.04. The molecule has 0 N–H and O–H groups in total. The summed E-state index contributed by atoms with van der Waals surface area (Å²) in [6.07, 6.45) is 3.45.